The predicted octanol–water partition coefficient (Wildman–Crippen LogP) is 0.994. The number of carbonyl (C=O) groups is 1. The number of nitrogens with two attached hydrogens (primary N) is 2. The standard InChI is InChI=1S/C15H23N3O2/c1-20-14-6-5-11(8-12(14)9-16)10-18-7-3-2-4-13(18)15(17)19/h5-6,8,13H,2-4,7,9-10,16H2,1H3,(H2,17,19). The molecular weight excluding hydrogens is 254 g/mol. The molecule has 1 aromatic rings. The summed E-state index contributed by atoms with van der Waals surface area (Å²) in [6.45, 7) is 2.08. The molecule has 1 aliphatic rings. The molecule has 0 saturated carbocycles. The molecule has 4 N–H and O–H groups in total. The van der Waals surface area contributed by atoms with Gasteiger partial charge in [-0.3, -0.25) is 9.69 Å². The smallest absolute Gasteiger partial charge is 0.234 e. The Balaban J connectivity index is 2.13. The second-order valence-corrected chi connectivity index (χ2v) is 5.23. The van der Waals surface area contributed by atoms with Crippen LogP contribution in [0.15, 0.2) is 18.2 Å². The number of piperidine rings is 1. The third kappa shape index (κ3) is 3.29. The van der Waals surface area contributed by atoms with Crippen LogP contribution in [0.1, 0.15) is 30.4 Å². The highest BCUT2D eigenvalue weighted by Gasteiger charge is 2.26. The van der Waals surface area contributed by atoms with Crippen LogP contribution in [0.5, 0.6) is 5.75 Å². The number of ether oxygens (including phenoxy) is 1. The van der Waals surface area contributed by atoms with Crippen LogP contribution in [-0.2, 0) is 17.9 Å². The minimum Gasteiger partial charge on any atom is -0.496 e. The maximum Gasteiger partial charge on any atom is 0.234 e. The van der Waals surface area contributed by atoms with Gasteiger partial charge in [0.25, 0.3) is 0 Å². The first kappa shape index (κ1) is 14.8. The van der Waals surface area contributed by atoms with Crippen molar-refractivity contribution in [2.24, 2.45) is 11.5 Å². The zero-order valence-electron chi connectivity index (χ0n) is 12.0. The van der Waals surface area contributed by atoms with Gasteiger partial charge in [0.2, 0.25) is 5.91 Å². The summed E-state index contributed by atoms with van der Waals surface area (Å²) in [6, 6.07) is 5.85. The summed E-state index contributed by atoms with van der Waals surface area (Å²) in [5, 5.41) is 0. The van der Waals surface area contributed by atoms with E-state index in [9.17, 15) is 4.79 Å². The highest BCUT2D eigenvalue weighted by atomic mass is 16.5. The van der Waals surface area contributed by atoms with Crippen LogP contribution >= 0.6 is 0 Å². The van der Waals surface area contributed by atoms with E-state index in [1.807, 2.05) is 18.2 Å². The van der Waals surface area contributed by atoms with E-state index in [0.717, 1.165) is 49.2 Å². The zero-order valence-corrected chi connectivity index (χ0v) is 12.0. The van der Waals surface area contributed by atoms with Crippen molar-refractivity contribution in [1.82, 2.24) is 4.90 Å². The predicted molar refractivity (Wildman–Crippen MR) is 78.1 cm³/mol. The summed E-state index contributed by atoms with van der Waals surface area (Å²) in [7, 11) is 1.64. The maximum absolute atomic E-state index is 11.5. The van der Waals surface area contributed by atoms with Crippen LogP contribution in [-0.4, -0.2) is 30.5 Å². The number of rotatable bonds is 5. The third-order valence-electron chi connectivity index (χ3n) is 3.89. The average molecular weight is 277 g/mol. The highest BCUT2D eigenvalue weighted by molar-refractivity contribution is 5.79. The molecule has 1 fully saturated rings. The number of likely N-dealkylation sites (tertiary alicyclic amines) is 1. The van der Waals surface area contributed by atoms with Gasteiger partial charge >= 0.3 is 0 Å². The van der Waals surface area contributed by atoms with Crippen LogP contribution in [0.3, 0.4) is 0 Å². The largest absolute Gasteiger partial charge is 0.496 e. The molecule has 1 saturated heterocycles. The summed E-state index contributed by atoms with van der Waals surface area (Å²) in [4.78, 5) is 13.7. The van der Waals surface area contributed by atoms with Gasteiger partial charge in [-0.15, -0.1) is 0 Å². The molecule has 5 heteroatoms. The molecule has 1 aromatic carbocycles. The average Bonchev–Trinajstić information content (AvgIpc) is 2.47. The van der Waals surface area contributed by atoms with Gasteiger partial charge in [0.1, 0.15) is 5.75 Å². The van der Waals surface area contributed by atoms with Gasteiger partial charge in [-0.2, -0.15) is 0 Å². The summed E-state index contributed by atoms with van der Waals surface area (Å²) < 4.78 is 5.27. The molecule has 0 spiro atoms. The Hall–Kier alpha value is -1.59. The molecular formula is C15H23N3O2. The van der Waals surface area contributed by atoms with Crippen molar-refractivity contribution >= 4 is 5.91 Å². The van der Waals surface area contributed by atoms with Gasteiger partial charge in [-0.25, -0.2) is 0 Å². The van der Waals surface area contributed by atoms with Gasteiger partial charge < -0.3 is 16.2 Å². The first-order chi connectivity index (χ1) is 9.65. The summed E-state index contributed by atoms with van der Waals surface area (Å²) in [6.07, 6.45) is 3.04. The van der Waals surface area contributed by atoms with Crippen molar-refractivity contribution < 1.29 is 9.53 Å². The lowest BCUT2D eigenvalue weighted by Gasteiger charge is -2.33. The molecule has 0 aliphatic carbocycles. The molecule has 20 heavy (non-hydrogen) atoms. The fourth-order valence-electron chi connectivity index (χ4n) is 2.83. The van der Waals surface area contributed by atoms with Crippen molar-refractivity contribution in [2.75, 3.05) is 13.7 Å². The lowest BCUT2D eigenvalue weighted by molar-refractivity contribution is -0.124. The number of carbonyl (C=O) groups excluding carboxylic acids is 1. The van der Waals surface area contributed by atoms with Gasteiger partial charge in [0.15, 0.2) is 0 Å². The number of methoxy groups -OCH3 is 1. The lowest BCUT2D eigenvalue weighted by Crippen LogP contribution is -2.47. The molecule has 1 unspecified atom stereocenters. The van der Waals surface area contributed by atoms with Crippen LogP contribution in [0.2, 0.25) is 0 Å². The molecule has 0 aromatic heterocycles. The molecule has 0 bridgehead atoms. The van der Waals surface area contributed by atoms with Crippen LogP contribution in [0.25, 0.3) is 0 Å². The maximum atomic E-state index is 11.5. The van der Waals surface area contributed by atoms with Crippen LogP contribution < -0.4 is 16.2 Å². The van der Waals surface area contributed by atoms with Crippen molar-refractivity contribution in [3.05, 3.63) is 29.3 Å². The molecule has 1 atom stereocenters. The molecule has 110 valence electrons. The molecule has 1 aliphatic heterocycles. The van der Waals surface area contributed by atoms with E-state index >= 15 is 0 Å². The molecule has 1 amide bonds. The van der Waals surface area contributed by atoms with E-state index in [2.05, 4.69) is 4.90 Å². The van der Waals surface area contributed by atoms with Crippen molar-refractivity contribution in [2.45, 2.75) is 38.4 Å². The summed E-state index contributed by atoms with van der Waals surface area (Å²) >= 11 is 0. The summed E-state index contributed by atoms with van der Waals surface area (Å²) in [5.41, 5.74) is 13.4. The lowest BCUT2D eigenvalue weighted by atomic mass is 10.00. The van der Waals surface area contributed by atoms with Crippen LogP contribution in [0.4, 0.5) is 0 Å². The fraction of sp³-hybridized carbons (Fsp3) is 0.533. The third-order valence-corrected chi connectivity index (χ3v) is 3.89. The van der Waals surface area contributed by atoms with Crippen LogP contribution in [0, 0.1) is 0 Å². The number of benzene rings is 1. The Morgan fingerprint density at radius 1 is 1.45 bits per heavy atom. The highest BCUT2D eigenvalue weighted by Crippen LogP contribution is 2.23. The van der Waals surface area contributed by atoms with E-state index in [4.69, 9.17) is 16.2 Å². The number of amides is 1. The Morgan fingerprint density at radius 3 is 2.90 bits per heavy atom. The molecule has 1 heterocycles. The van der Waals surface area contributed by atoms with E-state index in [0.29, 0.717) is 6.54 Å². The topological polar surface area (TPSA) is 81.6 Å². The summed E-state index contributed by atoms with van der Waals surface area (Å²) in [5.74, 6) is 0.582. The Bertz CT molecular complexity index is 476. The SMILES string of the molecule is COc1ccc(CN2CCCCC2C(N)=O)cc1CN. The van der Waals surface area contributed by atoms with Gasteiger partial charge in [-0.1, -0.05) is 12.5 Å². The zero-order chi connectivity index (χ0) is 14.5. The van der Waals surface area contributed by atoms with E-state index < -0.39 is 0 Å². The first-order valence-corrected chi connectivity index (χ1v) is 7.05. The minimum absolute atomic E-state index is 0.146. The van der Waals surface area contributed by atoms with Gasteiger partial charge in [0, 0.05) is 18.7 Å². The van der Waals surface area contributed by atoms with Crippen molar-refractivity contribution in [1.29, 1.82) is 0 Å². The Kier molecular flexibility index (Phi) is 4.98. The number of nitrogens with zero attached hydrogens (tertiary/aromatic N) is 1. The van der Waals surface area contributed by atoms with E-state index in [1.54, 1.807) is 7.11 Å². The number of hydrogen-bond acceptors (Lipinski definition) is 4. The second kappa shape index (κ2) is 6.72. The molecule has 5 nitrogen and oxygen atoms in total. The normalized spacial score (nSPS) is 19.8. The Labute approximate surface area is 119 Å². The van der Waals surface area contributed by atoms with Crippen molar-refractivity contribution in [3.63, 3.8) is 0 Å². The molecule has 0 radical (unpaired) electrons. The fourth-order valence-corrected chi connectivity index (χ4v) is 2.83. The van der Waals surface area contributed by atoms with E-state index in [-0.39, 0.29) is 11.9 Å². The second-order valence-electron chi connectivity index (χ2n) is 5.23. The van der Waals surface area contributed by atoms with Crippen molar-refractivity contribution in [3.8, 4) is 5.75 Å². The number of primary amides is 1. The molecule has 2 rings (SSSR count). The quantitative estimate of drug-likeness (QED) is 0.841. The number of hydrogen-bond donors (Lipinski definition) is 2. The van der Waals surface area contributed by atoms with E-state index in [1.165, 1.54) is 0 Å². The first-order valence-electron chi connectivity index (χ1n) is 7.05. The Morgan fingerprint density at radius 2 is 2.25 bits per heavy atom. The monoisotopic (exact) mass is 277 g/mol. The van der Waals surface area contributed by atoms with Gasteiger partial charge in [0.05, 0.1) is 13.2 Å². The van der Waals surface area contributed by atoms with Gasteiger partial charge in [-0.05, 0) is 37.1 Å². The minimum atomic E-state index is -0.225.